The van der Waals surface area contributed by atoms with Crippen molar-refractivity contribution < 1.29 is 23.9 Å². The summed E-state index contributed by atoms with van der Waals surface area (Å²) in [5, 5.41) is 0.913. The lowest BCUT2D eigenvalue weighted by atomic mass is 9.37. The lowest BCUT2D eigenvalue weighted by Gasteiger charge is -2.64. The number of hydroxylamine groups is 2. The SMILES string of the molecule is CON1C(=O)C23[C@@H]4O[C@@H]([C@@H]5[C@H]4[C@]4(Cl)C(Cl)=C(Cl)[C@]5(Cl)c5nc6ccccc6nc54)C2(C1=O)[C@@H]1O[C@H]3[C@@H]2[C@H]1[C@]1(Cl)C(Cl)=C(Cl)[C@]2(Cl)c2nc3ccccc3nc21. The van der Waals surface area contributed by atoms with Crippen molar-refractivity contribution in [2.24, 2.45) is 34.5 Å². The van der Waals surface area contributed by atoms with Crippen LogP contribution in [0.25, 0.3) is 22.1 Å². The van der Waals surface area contributed by atoms with Crippen molar-refractivity contribution in [2.75, 3.05) is 7.11 Å². The van der Waals surface area contributed by atoms with E-state index in [-0.39, 0.29) is 42.9 Å². The molecule has 5 saturated heterocycles. The Bertz CT molecular complexity index is 2400. The molecule has 2 amide bonds. The summed E-state index contributed by atoms with van der Waals surface area (Å²) >= 11 is 60.3. The standard InChI is InChI=1S/C37H19Cl8N5O5/c1-53-50-30(51)32-26-14-15(35(43)19(39)18(38)34(14,42)22-23(35)47-11-7-3-2-6-10(11)46-22)27(54-26)33(32,31(50)52)29-17-16(28(32)55-29)36(44)20(40)21(41)37(17,45)25-24(36)48-12-8-4-5-9-13(12)49-25/h2-9,14-17,26-29H,1H3/t14-,15+,16+,17-,26-,27+,28+,29-,32?,33?,34-,35-,36-,37-/m0/s1. The highest BCUT2D eigenvalue weighted by atomic mass is 35.5. The molecule has 0 saturated carbocycles. The van der Waals surface area contributed by atoms with Crippen LogP contribution in [0, 0.1) is 34.5 Å². The number of alkyl halides is 4. The Hall–Kier alpha value is -2.06. The van der Waals surface area contributed by atoms with Gasteiger partial charge in [0.2, 0.25) is 0 Å². The number of imide groups is 1. The van der Waals surface area contributed by atoms with Gasteiger partial charge in [0.15, 0.2) is 0 Å². The van der Waals surface area contributed by atoms with Gasteiger partial charge >= 0.3 is 0 Å². The van der Waals surface area contributed by atoms with Gasteiger partial charge in [-0.3, -0.25) is 14.4 Å². The van der Waals surface area contributed by atoms with Gasteiger partial charge in [-0.25, -0.2) is 19.9 Å². The number of ether oxygens (including phenoxy) is 2. The van der Waals surface area contributed by atoms with Crippen molar-refractivity contribution >= 4 is 127 Å². The largest absolute Gasteiger partial charge is 0.372 e. The maximum absolute atomic E-state index is 15.3. The highest BCUT2D eigenvalue weighted by Crippen LogP contribution is 2.88. The first-order chi connectivity index (χ1) is 26.2. The molecule has 15 rings (SSSR count). The van der Waals surface area contributed by atoms with Gasteiger partial charge in [0.05, 0.1) is 96.5 Å². The molecule has 8 bridgehead atoms. The quantitative estimate of drug-likeness (QED) is 0.143. The first kappa shape index (κ1) is 33.9. The van der Waals surface area contributed by atoms with Crippen molar-refractivity contribution in [2.45, 2.75) is 43.9 Å². The third-order valence-electron chi connectivity index (χ3n) is 14.4. The number of carbonyl (C=O) groups is 2. The van der Waals surface area contributed by atoms with Gasteiger partial charge < -0.3 is 9.47 Å². The second kappa shape index (κ2) is 9.69. The molecule has 2 aromatic carbocycles. The van der Waals surface area contributed by atoms with Gasteiger partial charge in [-0.05, 0) is 24.3 Å². The van der Waals surface area contributed by atoms with Gasteiger partial charge in [0, 0.05) is 23.7 Å². The van der Waals surface area contributed by atoms with Crippen LogP contribution in [0.15, 0.2) is 68.7 Å². The summed E-state index contributed by atoms with van der Waals surface area (Å²) in [5.74, 6) is -4.86. The average Bonchev–Trinajstić information content (AvgIpc) is 3.98. The molecule has 0 radical (unpaired) electrons. The molecular formula is C37H19Cl8N5O5. The second-order valence-electron chi connectivity index (χ2n) is 15.8. The molecular weight excluding hydrogens is 878 g/mol. The Morgan fingerprint density at radius 2 is 0.782 bits per heavy atom. The van der Waals surface area contributed by atoms with E-state index in [1.807, 2.05) is 24.3 Å². The Morgan fingerprint density at radius 1 is 0.527 bits per heavy atom. The average molecular weight is 897 g/mol. The maximum atomic E-state index is 15.3. The van der Waals surface area contributed by atoms with Crippen LogP contribution >= 0.6 is 92.8 Å². The molecule has 2 unspecified atom stereocenters. The number of carbonyl (C=O) groups excluding carboxylic acids is 2. The van der Waals surface area contributed by atoms with Crippen molar-refractivity contribution in [1.82, 2.24) is 25.0 Å². The molecule has 10 nitrogen and oxygen atoms in total. The number of hydrogen-bond donors (Lipinski definition) is 0. The summed E-state index contributed by atoms with van der Waals surface area (Å²) in [7, 11) is 1.26. The summed E-state index contributed by atoms with van der Waals surface area (Å²) in [6.07, 6.45) is -4.62. The van der Waals surface area contributed by atoms with E-state index in [4.69, 9.17) is 127 Å². The molecule has 5 fully saturated rings. The minimum Gasteiger partial charge on any atom is -0.372 e. The van der Waals surface area contributed by atoms with Crippen LogP contribution in [0.1, 0.15) is 22.8 Å². The zero-order valence-electron chi connectivity index (χ0n) is 27.5. The Kier molecular flexibility index (Phi) is 5.97. The van der Waals surface area contributed by atoms with E-state index in [1.165, 1.54) is 7.11 Å². The summed E-state index contributed by atoms with van der Waals surface area (Å²) in [6.45, 7) is 0. The van der Waals surface area contributed by atoms with E-state index in [0.717, 1.165) is 5.06 Å². The monoisotopic (exact) mass is 893 g/mol. The van der Waals surface area contributed by atoms with Crippen LogP contribution < -0.4 is 0 Å². The van der Waals surface area contributed by atoms with Gasteiger partial charge in [-0.15, -0.1) is 46.4 Å². The molecule has 6 aliphatic carbocycles. The normalized spacial score (nSPS) is 47.3. The zero-order valence-corrected chi connectivity index (χ0v) is 33.6. The van der Waals surface area contributed by atoms with Crippen molar-refractivity contribution in [1.29, 1.82) is 0 Å². The number of para-hydroxylation sites is 4. The topological polar surface area (TPSA) is 117 Å². The number of halogens is 8. The molecule has 4 aromatic rings. The predicted octanol–water partition coefficient (Wildman–Crippen LogP) is 7.37. The van der Waals surface area contributed by atoms with E-state index in [1.54, 1.807) is 24.3 Å². The lowest BCUT2D eigenvalue weighted by Crippen LogP contribution is -2.75. The fourth-order valence-electron chi connectivity index (χ4n) is 12.8. The van der Waals surface area contributed by atoms with Crippen LogP contribution in [0.4, 0.5) is 0 Å². The fraction of sp³-hybridized carbons (Fsp3) is 0.405. The number of rotatable bonds is 1. The van der Waals surface area contributed by atoms with Crippen molar-refractivity contribution in [3.8, 4) is 0 Å². The third kappa shape index (κ3) is 2.91. The van der Waals surface area contributed by atoms with E-state index in [0.29, 0.717) is 22.1 Å². The first-order valence-electron chi connectivity index (χ1n) is 17.4. The minimum atomic E-state index is -1.79. The highest BCUT2D eigenvalue weighted by molar-refractivity contribution is 6.51. The maximum Gasteiger partial charge on any atom is 0.266 e. The van der Waals surface area contributed by atoms with Crippen molar-refractivity contribution in [3.63, 3.8) is 0 Å². The highest BCUT2D eigenvalue weighted by Gasteiger charge is 3.01. The molecule has 55 heavy (non-hydrogen) atoms. The van der Waals surface area contributed by atoms with E-state index in [2.05, 4.69) is 0 Å². The minimum absolute atomic E-state index is 0.0312. The number of allylic oxidation sites excluding steroid dienone is 4. The number of fused-ring (bicyclic) bond motifs is 6. The molecule has 0 N–H and O–H groups in total. The summed E-state index contributed by atoms with van der Waals surface area (Å²) < 4.78 is 14.1. The number of nitrogens with zero attached hydrogens (tertiary/aromatic N) is 5. The van der Waals surface area contributed by atoms with E-state index >= 15 is 9.59 Å². The smallest absolute Gasteiger partial charge is 0.266 e. The molecule has 2 aromatic heterocycles. The van der Waals surface area contributed by atoms with Crippen molar-refractivity contribution in [3.05, 3.63) is 91.4 Å². The zero-order chi connectivity index (χ0) is 37.9. The third-order valence-corrected chi connectivity index (χ3v) is 19.4. The molecule has 14 atom stereocenters. The molecule has 5 aliphatic heterocycles. The number of aromatic nitrogens is 4. The summed E-state index contributed by atoms with van der Waals surface area (Å²) in [5.41, 5.74) is -0.233. The van der Waals surface area contributed by atoms with Gasteiger partial charge in [0.1, 0.15) is 30.3 Å². The van der Waals surface area contributed by atoms with Gasteiger partial charge in [0.25, 0.3) is 11.8 Å². The summed E-state index contributed by atoms with van der Waals surface area (Å²) in [4.78, 5) is 49.5. The summed E-state index contributed by atoms with van der Waals surface area (Å²) in [6, 6.07) is 14.5. The van der Waals surface area contributed by atoms with Crippen LogP contribution in [-0.4, -0.2) is 68.3 Å². The first-order valence-corrected chi connectivity index (χ1v) is 20.4. The van der Waals surface area contributed by atoms with E-state index < -0.39 is 90.2 Å². The predicted molar refractivity (Wildman–Crippen MR) is 202 cm³/mol. The van der Waals surface area contributed by atoms with E-state index in [9.17, 15) is 0 Å². The number of hydrogen-bond acceptors (Lipinski definition) is 9. The van der Waals surface area contributed by atoms with Crippen LogP contribution in [0.5, 0.6) is 0 Å². The Balaban J connectivity index is 1.11. The van der Waals surface area contributed by atoms with Gasteiger partial charge in [-0.1, -0.05) is 70.7 Å². The Morgan fingerprint density at radius 3 is 1.02 bits per heavy atom. The molecule has 0 spiro atoms. The lowest BCUT2D eigenvalue weighted by molar-refractivity contribution is -0.194. The molecule has 18 heteroatoms. The van der Waals surface area contributed by atoms with Crippen LogP contribution in [-0.2, 0) is 43.4 Å². The number of benzene rings is 2. The number of amides is 2. The fourth-order valence-corrected chi connectivity index (χ4v) is 16.3. The molecule has 7 heterocycles. The van der Waals surface area contributed by atoms with Crippen LogP contribution in [0.3, 0.4) is 0 Å². The Labute approximate surface area is 350 Å². The second-order valence-corrected chi connectivity index (χ2v) is 19.7. The molecule has 11 aliphatic rings. The molecule has 278 valence electrons. The van der Waals surface area contributed by atoms with Crippen LogP contribution in [0.2, 0.25) is 0 Å². The van der Waals surface area contributed by atoms with Gasteiger partial charge in [-0.2, -0.15) is 5.06 Å².